The summed E-state index contributed by atoms with van der Waals surface area (Å²) in [5.41, 5.74) is 0. The topological polar surface area (TPSA) is 25.4 Å². The predicted octanol–water partition coefficient (Wildman–Crippen LogP) is 2.85. The molecule has 2 aliphatic heterocycles. The van der Waals surface area contributed by atoms with Gasteiger partial charge in [0.15, 0.2) is 0 Å². The van der Waals surface area contributed by atoms with Gasteiger partial charge in [0.2, 0.25) is 5.88 Å². The first kappa shape index (κ1) is 11.5. The first-order valence-electron chi connectivity index (χ1n) is 6.22. The Morgan fingerprint density at radius 3 is 2.59 bits per heavy atom. The minimum absolute atomic E-state index is 0.345. The summed E-state index contributed by atoms with van der Waals surface area (Å²) in [5, 5.41) is 0. The van der Waals surface area contributed by atoms with Crippen LogP contribution in [0.1, 0.15) is 25.7 Å². The Morgan fingerprint density at radius 2 is 2.00 bits per heavy atom. The molecule has 0 aliphatic carbocycles. The Hall–Kier alpha value is -0.610. The number of fused-ring (bicyclic) bond motifs is 2. The van der Waals surface area contributed by atoms with Crippen LogP contribution in [0.5, 0.6) is 5.88 Å². The largest absolute Gasteiger partial charge is 0.474 e. The van der Waals surface area contributed by atoms with Crippen molar-refractivity contribution < 1.29 is 4.74 Å². The van der Waals surface area contributed by atoms with Gasteiger partial charge in [0, 0.05) is 28.8 Å². The zero-order valence-electron chi connectivity index (χ0n) is 9.97. The average molecular weight is 297 g/mol. The molecular weight excluding hydrogens is 280 g/mol. The van der Waals surface area contributed by atoms with E-state index >= 15 is 0 Å². The molecule has 92 valence electrons. The molecule has 2 fully saturated rings. The van der Waals surface area contributed by atoms with E-state index in [1.165, 1.54) is 12.8 Å². The second kappa shape index (κ2) is 4.58. The van der Waals surface area contributed by atoms with Gasteiger partial charge < -0.3 is 9.64 Å². The Morgan fingerprint density at radius 1 is 1.29 bits per heavy atom. The number of halogens is 1. The molecule has 0 N–H and O–H groups in total. The van der Waals surface area contributed by atoms with Crippen LogP contribution in [-0.4, -0.2) is 35.1 Å². The van der Waals surface area contributed by atoms with Gasteiger partial charge in [0.05, 0.1) is 0 Å². The summed E-state index contributed by atoms with van der Waals surface area (Å²) in [6.45, 7) is 0. The molecule has 0 spiro atoms. The van der Waals surface area contributed by atoms with Gasteiger partial charge in [-0.15, -0.1) is 0 Å². The van der Waals surface area contributed by atoms with Crippen LogP contribution in [0.4, 0.5) is 0 Å². The van der Waals surface area contributed by atoms with E-state index in [4.69, 9.17) is 4.74 Å². The number of ether oxygens (including phenoxy) is 1. The van der Waals surface area contributed by atoms with E-state index in [1.807, 2.05) is 12.1 Å². The summed E-state index contributed by atoms with van der Waals surface area (Å²) in [5.74, 6) is 0.752. The van der Waals surface area contributed by atoms with Crippen molar-refractivity contribution in [2.24, 2.45) is 0 Å². The van der Waals surface area contributed by atoms with Crippen LogP contribution in [0.3, 0.4) is 0 Å². The minimum Gasteiger partial charge on any atom is -0.474 e. The number of pyridine rings is 1. The van der Waals surface area contributed by atoms with Crippen molar-refractivity contribution >= 4 is 15.9 Å². The van der Waals surface area contributed by atoms with E-state index < -0.39 is 0 Å². The second-order valence-corrected chi connectivity index (χ2v) is 5.99. The summed E-state index contributed by atoms with van der Waals surface area (Å²) in [7, 11) is 2.25. The zero-order chi connectivity index (χ0) is 11.8. The van der Waals surface area contributed by atoms with Crippen molar-refractivity contribution in [3.8, 4) is 5.88 Å². The van der Waals surface area contributed by atoms with E-state index in [0.717, 1.165) is 23.2 Å². The van der Waals surface area contributed by atoms with Crippen LogP contribution in [0.25, 0.3) is 0 Å². The lowest BCUT2D eigenvalue weighted by Gasteiger charge is -2.36. The summed E-state index contributed by atoms with van der Waals surface area (Å²) >= 11 is 3.38. The number of rotatable bonds is 2. The van der Waals surface area contributed by atoms with Crippen LogP contribution in [-0.2, 0) is 0 Å². The Labute approximate surface area is 110 Å². The molecule has 2 aliphatic rings. The lowest BCUT2D eigenvalue weighted by Crippen LogP contribution is -2.43. The molecule has 0 amide bonds. The number of hydrogen-bond acceptors (Lipinski definition) is 3. The second-order valence-electron chi connectivity index (χ2n) is 5.08. The molecule has 0 saturated carbocycles. The van der Waals surface area contributed by atoms with Gasteiger partial charge in [-0.1, -0.05) is 0 Å². The molecule has 2 bridgehead atoms. The van der Waals surface area contributed by atoms with Crippen LogP contribution in [0.2, 0.25) is 0 Å². The third-order valence-corrected chi connectivity index (χ3v) is 4.51. The molecule has 2 atom stereocenters. The normalized spacial score (nSPS) is 32.7. The standard InChI is InChI=1S/C13H17BrN2O/c1-16-10-3-4-11(16)7-12(6-10)17-13-5-2-9(14)8-15-13/h2,5,8,10-12H,3-4,6-7H2,1H3. The molecular formula is C13H17BrN2O. The molecule has 4 heteroatoms. The smallest absolute Gasteiger partial charge is 0.213 e. The summed E-state index contributed by atoms with van der Waals surface area (Å²) in [6.07, 6.45) is 7.08. The van der Waals surface area contributed by atoms with Crippen molar-refractivity contribution in [2.75, 3.05) is 7.05 Å². The van der Waals surface area contributed by atoms with Gasteiger partial charge in [-0.05, 0) is 54.7 Å². The third kappa shape index (κ3) is 2.33. The molecule has 3 heterocycles. The molecule has 0 radical (unpaired) electrons. The van der Waals surface area contributed by atoms with Crippen molar-refractivity contribution in [1.82, 2.24) is 9.88 Å². The maximum Gasteiger partial charge on any atom is 0.213 e. The van der Waals surface area contributed by atoms with Crippen molar-refractivity contribution in [2.45, 2.75) is 43.9 Å². The fraction of sp³-hybridized carbons (Fsp3) is 0.615. The SMILES string of the molecule is CN1C2CCC1CC(Oc1ccc(Br)cn1)C2. The third-order valence-electron chi connectivity index (χ3n) is 4.04. The quantitative estimate of drug-likeness (QED) is 0.839. The Balaban J connectivity index is 1.65. The molecule has 0 aromatic carbocycles. The fourth-order valence-electron chi connectivity index (χ4n) is 3.06. The number of nitrogens with zero attached hydrogens (tertiary/aromatic N) is 2. The number of piperidine rings is 1. The first-order chi connectivity index (χ1) is 8.22. The van der Waals surface area contributed by atoms with Crippen molar-refractivity contribution in [3.05, 3.63) is 22.8 Å². The van der Waals surface area contributed by atoms with Gasteiger partial charge in [0.1, 0.15) is 6.10 Å². The van der Waals surface area contributed by atoms with Crippen molar-refractivity contribution in [1.29, 1.82) is 0 Å². The Bertz CT molecular complexity index is 381. The lowest BCUT2D eigenvalue weighted by molar-refractivity contribution is 0.0632. The van der Waals surface area contributed by atoms with Gasteiger partial charge in [-0.2, -0.15) is 0 Å². The molecule has 2 unspecified atom stereocenters. The maximum absolute atomic E-state index is 5.98. The highest BCUT2D eigenvalue weighted by Crippen LogP contribution is 2.35. The van der Waals surface area contributed by atoms with Gasteiger partial charge in [-0.3, -0.25) is 0 Å². The van der Waals surface area contributed by atoms with E-state index in [2.05, 4.69) is 32.9 Å². The fourth-order valence-corrected chi connectivity index (χ4v) is 3.30. The number of hydrogen-bond donors (Lipinski definition) is 0. The van der Waals surface area contributed by atoms with Gasteiger partial charge in [0.25, 0.3) is 0 Å². The van der Waals surface area contributed by atoms with Crippen molar-refractivity contribution in [3.63, 3.8) is 0 Å². The van der Waals surface area contributed by atoms with Gasteiger partial charge >= 0.3 is 0 Å². The minimum atomic E-state index is 0.345. The number of aromatic nitrogens is 1. The molecule has 1 aromatic rings. The van der Waals surface area contributed by atoms with Crippen LogP contribution in [0, 0.1) is 0 Å². The molecule has 2 saturated heterocycles. The van der Waals surface area contributed by atoms with Crippen LogP contribution < -0.4 is 4.74 Å². The van der Waals surface area contributed by atoms with E-state index in [-0.39, 0.29) is 0 Å². The predicted molar refractivity (Wildman–Crippen MR) is 70.2 cm³/mol. The van der Waals surface area contributed by atoms with E-state index in [0.29, 0.717) is 18.2 Å². The molecule has 3 nitrogen and oxygen atoms in total. The van der Waals surface area contributed by atoms with Gasteiger partial charge in [-0.25, -0.2) is 4.98 Å². The van der Waals surface area contributed by atoms with E-state index in [9.17, 15) is 0 Å². The highest BCUT2D eigenvalue weighted by atomic mass is 79.9. The summed E-state index contributed by atoms with van der Waals surface area (Å²) in [6, 6.07) is 5.35. The van der Waals surface area contributed by atoms with Crippen LogP contribution >= 0.6 is 15.9 Å². The monoisotopic (exact) mass is 296 g/mol. The molecule has 1 aromatic heterocycles. The Kier molecular flexibility index (Phi) is 3.09. The first-order valence-corrected chi connectivity index (χ1v) is 7.02. The molecule has 3 rings (SSSR count). The summed E-state index contributed by atoms with van der Waals surface area (Å²) in [4.78, 5) is 6.80. The summed E-state index contributed by atoms with van der Waals surface area (Å²) < 4.78 is 6.97. The molecule has 17 heavy (non-hydrogen) atoms. The maximum atomic E-state index is 5.98. The highest BCUT2D eigenvalue weighted by molar-refractivity contribution is 9.10. The van der Waals surface area contributed by atoms with E-state index in [1.54, 1.807) is 6.20 Å². The van der Waals surface area contributed by atoms with Crippen LogP contribution in [0.15, 0.2) is 22.8 Å². The zero-order valence-corrected chi connectivity index (χ0v) is 11.6. The average Bonchev–Trinajstić information content (AvgIpc) is 2.55. The lowest BCUT2D eigenvalue weighted by atomic mass is 10.0. The highest BCUT2D eigenvalue weighted by Gasteiger charge is 2.39.